The number of aromatic nitrogens is 2. The van der Waals surface area contributed by atoms with Crippen LogP contribution in [-0.2, 0) is 9.53 Å². The standard InChI is InChI=1S/C23H27ClN4O4S/c24-14-11-28(20-16(29)12-32-21(14)20)23(31)19(13-5-2-1-3-6-13)26-22(30)18-9-8-17(33-18)15-7-4-10-25-27-15/h4,7-10,13-14,16,19-21,29H,1-3,5-6,11-12H2,(H,26,30)/t14-,16-,19-,20+,21+/m0/s1. The van der Waals surface area contributed by atoms with E-state index in [9.17, 15) is 14.7 Å². The molecule has 1 saturated carbocycles. The lowest BCUT2D eigenvalue weighted by Crippen LogP contribution is -2.55. The van der Waals surface area contributed by atoms with Crippen LogP contribution < -0.4 is 5.32 Å². The number of thiophene rings is 1. The molecule has 2 aromatic heterocycles. The van der Waals surface area contributed by atoms with Gasteiger partial charge in [-0.15, -0.1) is 28.0 Å². The molecule has 2 N–H and O–H groups in total. The molecule has 0 aromatic carbocycles. The topological polar surface area (TPSA) is 105 Å². The highest BCUT2D eigenvalue weighted by Crippen LogP contribution is 2.35. The lowest BCUT2D eigenvalue weighted by Gasteiger charge is -2.35. The first kappa shape index (κ1) is 22.7. The van der Waals surface area contributed by atoms with Crippen LogP contribution in [-0.4, -0.2) is 74.8 Å². The molecule has 2 saturated heterocycles. The molecule has 2 amide bonds. The number of amides is 2. The van der Waals surface area contributed by atoms with Gasteiger partial charge in [-0.3, -0.25) is 9.59 Å². The van der Waals surface area contributed by atoms with E-state index in [0.29, 0.717) is 17.1 Å². The van der Waals surface area contributed by atoms with Gasteiger partial charge in [-0.25, -0.2) is 0 Å². The molecule has 5 atom stereocenters. The van der Waals surface area contributed by atoms with E-state index in [1.807, 2.05) is 12.1 Å². The van der Waals surface area contributed by atoms with Gasteiger partial charge in [-0.1, -0.05) is 19.3 Å². The van der Waals surface area contributed by atoms with Crippen molar-refractivity contribution in [2.24, 2.45) is 5.92 Å². The molecule has 8 nitrogen and oxygen atoms in total. The number of ether oxygens (including phenoxy) is 1. The summed E-state index contributed by atoms with van der Waals surface area (Å²) in [6, 6.07) is 6.12. The summed E-state index contributed by atoms with van der Waals surface area (Å²) in [6.45, 7) is 0.477. The second-order valence-electron chi connectivity index (χ2n) is 8.98. The maximum atomic E-state index is 13.7. The maximum absolute atomic E-state index is 13.7. The monoisotopic (exact) mass is 490 g/mol. The van der Waals surface area contributed by atoms with Gasteiger partial charge in [-0.05, 0) is 43.0 Å². The number of nitrogens with zero attached hydrogens (tertiary/aromatic N) is 3. The van der Waals surface area contributed by atoms with Crippen LogP contribution in [0.5, 0.6) is 0 Å². The molecule has 5 rings (SSSR count). The highest BCUT2D eigenvalue weighted by molar-refractivity contribution is 7.17. The molecular formula is C23H27ClN4O4S. The molecule has 33 heavy (non-hydrogen) atoms. The number of fused-ring (bicyclic) bond motifs is 1. The Bertz CT molecular complexity index is 999. The third-order valence-corrected chi connectivity index (χ3v) is 8.38. The van der Waals surface area contributed by atoms with E-state index < -0.39 is 18.2 Å². The zero-order valence-electron chi connectivity index (χ0n) is 18.1. The molecule has 3 aliphatic rings. The van der Waals surface area contributed by atoms with Crippen LogP contribution in [0, 0.1) is 5.92 Å². The van der Waals surface area contributed by atoms with Crippen molar-refractivity contribution in [3.63, 3.8) is 0 Å². The molecule has 3 fully saturated rings. The lowest BCUT2D eigenvalue weighted by atomic mass is 9.83. The maximum Gasteiger partial charge on any atom is 0.262 e. The van der Waals surface area contributed by atoms with E-state index in [4.69, 9.17) is 16.3 Å². The molecule has 10 heteroatoms. The predicted molar refractivity (Wildman–Crippen MR) is 124 cm³/mol. The SMILES string of the molecule is O=C(N[C@H](C(=O)N1C[C@H](Cl)[C@H]2OC[C@H](O)[C@H]21)C1CCCCC1)c1ccc(-c2cccnn2)s1. The number of rotatable bonds is 5. The summed E-state index contributed by atoms with van der Waals surface area (Å²) < 4.78 is 5.63. The van der Waals surface area contributed by atoms with Gasteiger partial charge in [0, 0.05) is 12.7 Å². The predicted octanol–water partition coefficient (Wildman–Crippen LogP) is 2.46. The summed E-state index contributed by atoms with van der Waals surface area (Å²) in [7, 11) is 0. The zero-order valence-corrected chi connectivity index (χ0v) is 19.7. The first-order valence-corrected chi connectivity index (χ1v) is 12.7. The van der Waals surface area contributed by atoms with Crippen molar-refractivity contribution >= 4 is 34.8 Å². The largest absolute Gasteiger partial charge is 0.388 e. The molecule has 0 unspecified atom stereocenters. The Hall–Kier alpha value is -2.07. The second-order valence-corrected chi connectivity index (χ2v) is 10.6. The Balaban J connectivity index is 1.36. The number of aliphatic hydroxyl groups excluding tert-OH is 1. The molecular weight excluding hydrogens is 464 g/mol. The summed E-state index contributed by atoms with van der Waals surface area (Å²) in [6.07, 6.45) is 5.45. The van der Waals surface area contributed by atoms with Crippen molar-refractivity contribution in [2.75, 3.05) is 13.2 Å². The summed E-state index contributed by atoms with van der Waals surface area (Å²) in [5.74, 6) is -0.397. The Labute approximate surface area is 201 Å². The van der Waals surface area contributed by atoms with E-state index in [-0.39, 0.29) is 35.8 Å². The van der Waals surface area contributed by atoms with Crippen LogP contribution in [0.25, 0.3) is 10.6 Å². The van der Waals surface area contributed by atoms with Crippen LogP contribution in [0.1, 0.15) is 41.8 Å². The minimum Gasteiger partial charge on any atom is -0.388 e. The molecule has 2 aromatic rings. The van der Waals surface area contributed by atoms with Crippen LogP contribution in [0.4, 0.5) is 0 Å². The lowest BCUT2D eigenvalue weighted by molar-refractivity contribution is -0.137. The number of alkyl halides is 1. The molecule has 0 bridgehead atoms. The number of likely N-dealkylation sites (tertiary alicyclic amines) is 1. The summed E-state index contributed by atoms with van der Waals surface area (Å²) in [4.78, 5) is 29.9. The van der Waals surface area contributed by atoms with Crippen molar-refractivity contribution in [2.45, 2.75) is 61.8 Å². The van der Waals surface area contributed by atoms with Gasteiger partial charge in [0.15, 0.2) is 0 Å². The van der Waals surface area contributed by atoms with Crippen molar-refractivity contribution < 1.29 is 19.4 Å². The Morgan fingerprint density at radius 2 is 2.06 bits per heavy atom. The number of aliphatic hydroxyl groups is 1. The van der Waals surface area contributed by atoms with Gasteiger partial charge < -0.3 is 20.1 Å². The molecule has 2 aliphatic heterocycles. The molecule has 0 radical (unpaired) electrons. The van der Waals surface area contributed by atoms with Gasteiger partial charge in [0.1, 0.15) is 17.8 Å². The number of carbonyl (C=O) groups is 2. The van der Waals surface area contributed by atoms with E-state index in [1.54, 1.807) is 23.2 Å². The normalized spacial score (nSPS) is 28.5. The molecule has 4 heterocycles. The van der Waals surface area contributed by atoms with Gasteiger partial charge in [0.25, 0.3) is 5.91 Å². The van der Waals surface area contributed by atoms with E-state index in [0.717, 1.165) is 37.0 Å². The smallest absolute Gasteiger partial charge is 0.262 e. The average molecular weight is 491 g/mol. The highest BCUT2D eigenvalue weighted by Gasteiger charge is 2.53. The minimum absolute atomic E-state index is 0.0573. The molecule has 1 aliphatic carbocycles. The number of hydrogen-bond donors (Lipinski definition) is 2. The zero-order chi connectivity index (χ0) is 22.9. The summed E-state index contributed by atoms with van der Waals surface area (Å²) >= 11 is 7.77. The van der Waals surface area contributed by atoms with E-state index >= 15 is 0 Å². The van der Waals surface area contributed by atoms with Gasteiger partial charge in [0.2, 0.25) is 5.91 Å². The fourth-order valence-electron chi connectivity index (χ4n) is 5.25. The number of carbonyl (C=O) groups excluding carboxylic acids is 2. The van der Waals surface area contributed by atoms with Crippen LogP contribution in [0.15, 0.2) is 30.5 Å². The summed E-state index contributed by atoms with van der Waals surface area (Å²) in [5, 5.41) is 21.1. The van der Waals surface area contributed by atoms with Crippen LogP contribution >= 0.6 is 22.9 Å². The van der Waals surface area contributed by atoms with Crippen LogP contribution in [0.2, 0.25) is 0 Å². The fourth-order valence-corrected chi connectivity index (χ4v) is 6.49. The number of hydrogen-bond acceptors (Lipinski definition) is 7. The fraction of sp³-hybridized carbons (Fsp3) is 0.565. The van der Waals surface area contributed by atoms with Crippen molar-refractivity contribution in [3.05, 3.63) is 35.3 Å². The average Bonchev–Trinajstić information content (AvgIpc) is 3.56. The van der Waals surface area contributed by atoms with Gasteiger partial charge in [-0.2, -0.15) is 5.10 Å². The van der Waals surface area contributed by atoms with Crippen molar-refractivity contribution in [3.8, 4) is 10.6 Å². The second kappa shape index (κ2) is 9.66. The van der Waals surface area contributed by atoms with E-state index in [2.05, 4.69) is 15.5 Å². The first-order chi connectivity index (χ1) is 16.0. The highest BCUT2D eigenvalue weighted by atomic mass is 35.5. The number of halogens is 1. The molecule has 0 spiro atoms. The van der Waals surface area contributed by atoms with Gasteiger partial charge in [0.05, 0.1) is 33.9 Å². The minimum atomic E-state index is -0.766. The van der Waals surface area contributed by atoms with Crippen molar-refractivity contribution in [1.82, 2.24) is 20.4 Å². The Kier molecular flexibility index (Phi) is 6.65. The first-order valence-electron chi connectivity index (χ1n) is 11.5. The van der Waals surface area contributed by atoms with E-state index in [1.165, 1.54) is 11.3 Å². The molecule has 176 valence electrons. The quantitative estimate of drug-likeness (QED) is 0.624. The number of nitrogens with one attached hydrogen (secondary N) is 1. The van der Waals surface area contributed by atoms with Crippen LogP contribution in [0.3, 0.4) is 0 Å². The Morgan fingerprint density at radius 3 is 2.82 bits per heavy atom. The third-order valence-electron chi connectivity index (χ3n) is 6.89. The Morgan fingerprint density at radius 1 is 1.24 bits per heavy atom. The third kappa shape index (κ3) is 4.51. The summed E-state index contributed by atoms with van der Waals surface area (Å²) in [5.41, 5.74) is 0.702. The van der Waals surface area contributed by atoms with Gasteiger partial charge >= 0.3 is 0 Å². The van der Waals surface area contributed by atoms with Crippen molar-refractivity contribution in [1.29, 1.82) is 0 Å².